The molecule has 55 heavy (non-hydrogen) atoms. The molecule has 6 aromatic rings. The van der Waals surface area contributed by atoms with Crippen molar-refractivity contribution in [2.24, 2.45) is 0 Å². The van der Waals surface area contributed by atoms with Gasteiger partial charge in [0, 0.05) is 29.9 Å². The number of hydrogen-bond donors (Lipinski definition) is 0. The molecular formula is C53H50N2. The first-order valence-electron chi connectivity index (χ1n) is 19.6. The number of anilines is 2. The normalized spacial score (nSPS) is 17.1. The Morgan fingerprint density at radius 2 is 1.04 bits per heavy atom. The quantitative estimate of drug-likeness (QED) is 0.138. The summed E-state index contributed by atoms with van der Waals surface area (Å²) in [6.07, 6.45) is 14.5. The second-order valence-corrected chi connectivity index (χ2v) is 15.3. The van der Waals surface area contributed by atoms with Crippen LogP contribution >= 0.6 is 0 Å². The zero-order valence-electron chi connectivity index (χ0n) is 32.5. The Bertz CT molecular complexity index is 2310. The van der Waals surface area contributed by atoms with E-state index in [1.807, 2.05) is 0 Å². The van der Waals surface area contributed by atoms with Crippen LogP contribution in [0.4, 0.5) is 11.4 Å². The summed E-state index contributed by atoms with van der Waals surface area (Å²) < 4.78 is 0. The van der Waals surface area contributed by atoms with E-state index in [0.29, 0.717) is 12.0 Å². The number of piperidine rings is 1. The molecule has 0 spiro atoms. The lowest BCUT2D eigenvalue weighted by Crippen LogP contribution is -2.43. The second-order valence-electron chi connectivity index (χ2n) is 15.3. The van der Waals surface area contributed by atoms with Gasteiger partial charge in [-0.25, -0.2) is 0 Å². The largest absolute Gasteiger partial charge is 0.337 e. The number of likely N-dealkylation sites (N-methyl/N-ethyl adjacent to an activating group) is 1. The van der Waals surface area contributed by atoms with Crippen LogP contribution in [-0.2, 0) is 0 Å². The smallest absolute Gasteiger partial charge is 0.0450 e. The molecule has 2 heterocycles. The van der Waals surface area contributed by atoms with Gasteiger partial charge in [-0.15, -0.1) is 0 Å². The fraction of sp³-hybridized carbons (Fsp3) is 0.170. The maximum atomic E-state index is 2.62. The molecule has 8 rings (SSSR count). The number of rotatable bonds is 9. The van der Waals surface area contributed by atoms with E-state index in [1.54, 1.807) is 0 Å². The molecule has 2 nitrogen and oxygen atoms in total. The lowest BCUT2D eigenvalue weighted by molar-refractivity contribution is 0.236. The minimum Gasteiger partial charge on any atom is -0.337 e. The van der Waals surface area contributed by atoms with Crippen molar-refractivity contribution in [3.8, 4) is 0 Å². The summed E-state index contributed by atoms with van der Waals surface area (Å²) in [5.74, 6) is 0.469. The van der Waals surface area contributed by atoms with E-state index in [0.717, 1.165) is 19.5 Å². The summed E-state index contributed by atoms with van der Waals surface area (Å²) in [6, 6.07) is 53.8. The van der Waals surface area contributed by atoms with Crippen LogP contribution in [0.3, 0.4) is 0 Å². The number of fused-ring (bicyclic) bond motifs is 3. The average molecular weight is 715 g/mol. The Balaban J connectivity index is 1.06. The highest BCUT2D eigenvalue weighted by Gasteiger charge is 2.41. The SMILES string of the molecule is Cc1ccc(C(=CC=Cc2ccc(N3c4ccc(C=CC=C(c5ccc(C)cc5)c5ccc(C)cc5)cc4C4CN(C)CCC43)cc2)c2ccccc2)cc1. The first-order chi connectivity index (χ1) is 26.9. The molecular weight excluding hydrogens is 665 g/mol. The number of benzene rings is 6. The van der Waals surface area contributed by atoms with Gasteiger partial charge < -0.3 is 9.80 Å². The molecule has 0 amide bonds. The van der Waals surface area contributed by atoms with Gasteiger partial charge in [0.1, 0.15) is 0 Å². The van der Waals surface area contributed by atoms with Gasteiger partial charge in [-0.2, -0.15) is 0 Å². The Morgan fingerprint density at radius 1 is 0.545 bits per heavy atom. The van der Waals surface area contributed by atoms with Gasteiger partial charge in [0.05, 0.1) is 0 Å². The summed E-state index contributed by atoms with van der Waals surface area (Å²) in [4.78, 5) is 5.11. The van der Waals surface area contributed by atoms with Crippen molar-refractivity contribution in [2.75, 3.05) is 25.0 Å². The monoisotopic (exact) mass is 714 g/mol. The number of allylic oxidation sites excluding steroid dienone is 4. The van der Waals surface area contributed by atoms with Gasteiger partial charge in [0.15, 0.2) is 0 Å². The van der Waals surface area contributed by atoms with E-state index in [2.05, 4.69) is 220 Å². The minimum absolute atomic E-state index is 0.451. The summed E-state index contributed by atoms with van der Waals surface area (Å²) >= 11 is 0. The molecule has 2 aliphatic rings. The fourth-order valence-corrected chi connectivity index (χ4v) is 8.21. The Hall–Kier alpha value is -5.96. The highest BCUT2D eigenvalue weighted by Crippen LogP contribution is 2.48. The molecule has 0 radical (unpaired) electrons. The molecule has 6 aromatic carbocycles. The zero-order chi connectivity index (χ0) is 37.7. The van der Waals surface area contributed by atoms with Crippen molar-refractivity contribution < 1.29 is 0 Å². The topological polar surface area (TPSA) is 6.48 Å². The zero-order valence-corrected chi connectivity index (χ0v) is 32.5. The van der Waals surface area contributed by atoms with Crippen LogP contribution in [-0.4, -0.2) is 31.1 Å². The summed E-state index contributed by atoms with van der Waals surface area (Å²) in [5.41, 5.74) is 17.7. The van der Waals surface area contributed by atoms with E-state index in [9.17, 15) is 0 Å². The highest BCUT2D eigenvalue weighted by atomic mass is 15.2. The Labute approximate surface area is 328 Å². The number of nitrogens with zero attached hydrogens (tertiary/aromatic N) is 2. The van der Waals surface area contributed by atoms with E-state index in [1.165, 1.54) is 78.2 Å². The van der Waals surface area contributed by atoms with Crippen molar-refractivity contribution in [3.63, 3.8) is 0 Å². The number of likely N-dealkylation sites (tertiary alicyclic amines) is 1. The highest BCUT2D eigenvalue weighted by molar-refractivity contribution is 5.83. The van der Waals surface area contributed by atoms with Gasteiger partial charge in [-0.1, -0.05) is 174 Å². The third-order valence-electron chi connectivity index (χ3n) is 11.3. The van der Waals surface area contributed by atoms with Gasteiger partial charge in [0.2, 0.25) is 0 Å². The van der Waals surface area contributed by atoms with Gasteiger partial charge in [-0.05, 0) is 115 Å². The van der Waals surface area contributed by atoms with Crippen LogP contribution in [0.5, 0.6) is 0 Å². The summed E-state index contributed by atoms with van der Waals surface area (Å²) in [7, 11) is 2.27. The van der Waals surface area contributed by atoms with Gasteiger partial charge in [0.25, 0.3) is 0 Å². The Kier molecular flexibility index (Phi) is 10.6. The van der Waals surface area contributed by atoms with Crippen LogP contribution in [0.2, 0.25) is 0 Å². The van der Waals surface area contributed by atoms with E-state index >= 15 is 0 Å². The van der Waals surface area contributed by atoms with Gasteiger partial charge in [-0.3, -0.25) is 0 Å². The summed E-state index contributed by atoms with van der Waals surface area (Å²) in [6.45, 7) is 8.61. The Morgan fingerprint density at radius 3 is 1.58 bits per heavy atom. The molecule has 0 saturated carbocycles. The average Bonchev–Trinajstić information content (AvgIpc) is 3.53. The maximum absolute atomic E-state index is 2.62. The molecule has 0 N–H and O–H groups in total. The van der Waals surface area contributed by atoms with Gasteiger partial charge >= 0.3 is 0 Å². The van der Waals surface area contributed by atoms with E-state index < -0.39 is 0 Å². The second kappa shape index (κ2) is 16.2. The van der Waals surface area contributed by atoms with Crippen molar-refractivity contribution in [1.29, 1.82) is 0 Å². The molecule has 2 heteroatoms. The molecule has 1 saturated heterocycles. The molecule has 0 bridgehead atoms. The van der Waals surface area contributed by atoms with E-state index in [-0.39, 0.29) is 0 Å². The fourth-order valence-electron chi connectivity index (χ4n) is 8.21. The molecule has 2 aliphatic heterocycles. The molecule has 0 aliphatic carbocycles. The molecule has 0 aromatic heterocycles. The number of hydrogen-bond acceptors (Lipinski definition) is 2. The van der Waals surface area contributed by atoms with Crippen LogP contribution < -0.4 is 4.90 Å². The first-order valence-corrected chi connectivity index (χ1v) is 19.6. The van der Waals surface area contributed by atoms with Crippen molar-refractivity contribution in [2.45, 2.75) is 39.2 Å². The van der Waals surface area contributed by atoms with Crippen molar-refractivity contribution in [3.05, 3.63) is 226 Å². The van der Waals surface area contributed by atoms with Crippen LogP contribution in [0.1, 0.15) is 68.0 Å². The minimum atomic E-state index is 0.451. The molecule has 2 unspecified atom stereocenters. The number of aryl methyl sites for hydroxylation is 3. The third-order valence-corrected chi connectivity index (χ3v) is 11.3. The molecule has 1 fully saturated rings. The predicted octanol–water partition coefficient (Wildman–Crippen LogP) is 12.8. The lowest BCUT2D eigenvalue weighted by Gasteiger charge is -2.37. The standard InChI is InChI=1S/C53H50N2/c1-38-16-25-44(26-17-38)48(43-12-6-5-7-13-43)14-8-10-41-22-31-47(32-23-41)55-52-33-24-42(36-50(52)51-37-54(4)35-34-53(51)55)11-9-15-49(45-27-18-39(2)19-28-45)46-29-20-40(3)21-30-46/h5-33,36,51,53H,34-35,37H2,1-4H3. The first kappa shape index (κ1) is 36.0. The maximum Gasteiger partial charge on any atom is 0.0450 e. The predicted molar refractivity (Wildman–Crippen MR) is 236 cm³/mol. The van der Waals surface area contributed by atoms with Crippen LogP contribution in [0, 0.1) is 20.8 Å². The molecule has 2 atom stereocenters. The van der Waals surface area contributed by atoms with Crippen LogP contribution in [0.15, 0.2) is 170 Å². The molecule has 272 valence electrons. The van der Waals surface area contributed by atoms with Crippen LogP contribution in [0.25, 0.3) is 23.3 Å². The van der Waals surface area contributed by atoms with Crippen molar-refractivity contribution in [1.82, 2.24) is 4.90 Å². The summed E-state index contributed by atoms with van der Waals surface area (Å²) in [5, 5.41) is 0. The lowest BCUT2D eigenvalue weighted by atomic mass is 9.88. The third kappa shape index (κ3) is 8.11. The van der Waals surface area contributed by atoms with Crippen molar-refractivity contribution >= 4 is 34.7 Å². The van der Waals surface area contributed by atoms with E-state index in [4.69, 9.17) is 0 Å².